The van der Waals surface area contributed by atoms with Gasteiger partial charge in [0, 0.05) is 31.3 Å². The average Bonchev–Trinajstić information content (AvgIpc) is 2.38. The van der Waals surface area contributed by atoms with E-state index in [2.05, 4.69) is 31.0 Å². The number of ether oxygens (including phenoxy) is 1. The summed E-state index contributed by atoms with van der Waals surface area (Å²) in [6.45, 7) is 11.3. The quantitative estimate of drug-likeness (QED) is 0.833. The summed E-state index contributed by atoms with van der Waals surface area (Å²) in [5, 5.41) is 3.69. The van der Waals surface area contributed by atoms with Gasteiger partial charge >= 0.3 is 0 Å². The summed E-state index contributed by atoms with van der Waals surface area (Å²) in [4.78, 5) is 2.72. The highest BCUT2D eigenvalue weighted by molar-refractivity contribution is 4.86. The van der Waals surface area contributed by atoms with Crippen LogP contribution in [0.15, 0.2) is 0 Å². The average molecular weight is 254 g/mol. The van der Waals surface area contributed by atoms with Gasteiger partial charge in [-0.2, -0.15) is 0 Å². The molecule has 2 heterocycles. The number of hydrogen-bond acceptors (Lipinski definition) is 3. The molecule has 106 valence electrons. The van der Waals surface area contributed by atoms with Crippen molar-refractivity contribution in [2.45, 2.75) is 64.6 Å². The van der Waals surface area contributed by atoms with Crippen LogP contribution in [0, 0.1) is 5.92 Å². The third-order valence-corrected chi connectivity index (χ3v) is 4.53. The maximum Gasteiger partial charge on any atom is 0.0506 e. The molecule has 0 aromatic carbocycles. The van der Waals surface area contributed by atoms with E-state index in [4.69, 9.17) is 4.74 Å². The molecule has 0 spiro atoms. The van der Waals surface area contributed by atoms with Crippen LogP contribution in [-0.4, -0.2) is 49.3 Å². The Hall–Kier alpha value is -0.120. The second-order valence-electron chi connectivity index (χ2n) is 6.35. The molecule has 18 heavy (non-hydrogen) atoms. The Morgan fingerprint density at radius 2 is 2.11 bits per heavy atom. The molecule has 2 fully saturated rings. The van der Waals surface area contributed by atoms with Crippen LogP contribution in [0.25, 0.3) is 0 Å². The van der Waals surface area contributed by atoms with Crippen molar-refractivity contribution in [1.82, 2.24) is 10.2 Å². The monoisotopic (exact) mass is 254 g/mol. The Labute approximate surface area is 112 Å². The lowest BCUT2D eigenvalue weighted by Gasteiger charge is -2.43. The van der Waals surface area contributed by atoms with Crippen molar-refractivity contribution in [3.63, 3.8) is 0 Å². The first-order chi connectivity index (χ1) is 8.68. The van der Waals surface area contributed by atoms with Gasteiger partial charge in [-0.15, -0.1) is 0 Å². The van der Waals surface area contributed by atoms with E-state index in [1.807, 2.05) is 0 Å². The highest BCUT2D eigenvalue weighted by atomic mass is 16.5. The fraction of sp³-hybridized carbons (Fsp3) is 1.00. The van der Waals surface area contributed by atoms with Gasteiger partial charge in [-0.25, -0.2) is 0 Å². The van der Waals surface area contributed by atoms with Gasteiger partial charge in [0.05, 0.1) is 6.61 Å². The molecule has 1 N–H and O–H groups in total. The molecule has 0 amide bonds. The van der Waals surface area contributed by atoms with Crippen molar-refractivity contribution >= 4 is 0 Å². The third-order valence-electron chi connectivity index (χ3n) is 4.53. The van der Waals surface area contributed by atoms with Crippen molar-refractivity contribution in [1.29, 1.82) is 0 Å². The normalized spacial score (nSPS) is 34.2. The minimum atomic E-state index is 0.638. The first-order valence-corrected chi connectivity index (χ1v) is 7.75. The summed E-state index contributed by atoms with van der Waals surface area (Å²) in [5.41, 5.74) is 0. The fourth-order valence-corrected chi connectivity index (χ4v) is 3.43. The van der Waals surface area contributed by atoms with Gasteiger partial charge in [0.15, 0.2) is 0 Å². The summed E-state index contributed by atoms with van der Waals surface area (Å²) in [5.74, 6) is 0.671. The minimum absolute atomic E-state index is 0.638. The van der Waals surface area contributed by atoms with Crippen molar-refractivity contribution in [2.75, 3.05) is 26.3 Å². The van der Waals surface area contributed by atoms with E-state index >= 15 is 0 Å². The van der Waals surface area contributed by atoms with E-state index in [-0.39, 0.29) is 0 Å². The number of hydrogen-bond donors (Lipinski definition) is 1. The van der Waals surface area contributed by atoms with Crippen LogP contribution in [0.5, 0.6) is 0 Å². The second-order valence-corrected chi connectivity index (χ2v) is 6.35. The zero-order chi connectivity index (χ0) is 13.0. The van der Waals surface area contributed by atoms with E-state index in [9.17, 15) is 0 Å². The highest BCUT2D eigenvalue weighted by Gasteiger charge is 2.31. The standard InChI is InChI=1S/C15H30N2O/c1-12(2)17(10-14-6-4-5-8-16-14)15-7-9-18-11-13(15)3/h12-16H,4-11H2,1-3H3. The maximum absolute atomic E-state index is 5.59. The Morgan fingerprint density at radius 3 is 2.72 bits per heavy atom. The summed E-state index contributed by atoms with van der Waals surface area (Å²) in [6.07, 6.45) is 5.30. The molecule has 0 bridgehead atoms. The van der Waals surface area contributed by atoms with Crippen LogP contribution in [0.3, 0.4) is 0 Å². The molecule has 0 aromatic rings. The van der Waals surface area contributed by atoms with E-state index in [0.717, 1.165) is 13.2 Å². The van der Waals surface area contributed by atoms with E-state index in [0.29, 0.717) is 24.0 Å². The fourth-order valence-electron chi connectivity index (χ4n) is 3.43. The van der Waals surface area contributed by atoms with Crippen LogP contribution < -0.4 is 5.32 Å². The molecule has 0 radical (unpaired) electrons. The topological polar surface area (TPSA) is 24.5 Å². The molecule has 2 saturated heterocycles. The Balaban J connectivity index is 1.93. The Morgan fingerprint density at radius 1 is 1.28 bits per heavy atom. The van der Waals surface area contributed by atoms with Crippen LogP contribution in [0.4, 0.5) is 0 Å². The van der Waals surface area contributed by atoms with Gasteiger partial charge in [0.1, 0.15) is 0 Å². The lowest BCUT2D eigenvalue weighted by molar-refractivity contribution is -0.0203. The predicted octanol–water partition coefficient (Wildman–Crippen LogP) is 2.26. The number of nitrogens with one attached hydrogen (secondary N) is 1. The number of nitrogens with zero attached hydrogens (tertiary/aromatic N) is 1. The van der Waals surface area contributed by atoms with Gasteiger partial charge < -0.3 is 10.1 Å². The van der Waals surface area contributed by atoms with Gasteiger partial charge in [-0.1, -0.05) is 13.3 Å². The highest BCUT2D eigenvalue weighted by Crippen LogP contribution is 2.23. The molecule has 0 aromatic heterocycles. The van der Waals surface area contributed by atoms with Crippen molar-refractivity contribution in [3.05, 3.63) is 0 Å². The van der Waals surface area contributed by atoms with E-state index in [1.54, 1.807) is 0 Å². The number of rotatable bonds is 4. The maximum atomic E-state index is 5.59. The van der Waals surface area contributed by atoms with Crippen molar-refractivity contribution in [3.8, 4) is 0 Å². The zero-order valence-corrected chi connectivity index (χ0v) is 12.3. The second kappa shape index (κ2) is 6.88. The SMILES string of the molecule is CC1COCCC1N(CC1CCCCN1)C(C)C. The van der Waals surface area contributed by atoms with Crippen molar-refractivity contribution in [2.24, 2.45) is 5.92 Å². The van der Waals surface area contributed by atoms with Crippen molar-refractivity contribution < 1.29 is 4.74 Å². The van der Waals surface area contributed by atoms with Gasteiger partial charge in [0.2, 0.25) is 0 Å². The Kier molecular flexibility index (Phi) is 5.46. The molecule has 3 unspecified atom stereocenters. The molecule has 2 aliphatic rings. The van der Waals surface area contributed by atoms with Crippen LogP contribution in [0.2, 0.25) is 0 Å². The smallest absolute Gasteiger partial charge is 0.0506 e. The summed E-state index contributed by atoms with van der Waals surface area (Å²) in [6, 6.07) is 2.05. The van der Waals surface area contributed by atoms with Gasteiger partial charge in [0.25, 0.3) is 0 Å². The molecule has 3 nitrogen and oxygen atoms in total. The zero-order valence-electron chi connectivity index (χ0n) is 12.3. The van der Waals surface area contributed by atoms with Crippen LogP contribution >= 0.6 is 0 Å². The van der Waals surface area contributed by atoms with Crippen LogP contribution in [-0.2, 0) is 4.74 Å². The number of piperidine rings is 1. The largest absolute Gasteiger partial charge is 0.381 e. The molecule has 0 saturated carbocycles. The molecule has 3 heteroatoms. The predicted molar refractivity (Wildman–Crippen MR) is 75.9 cm³/mol. The van der Waals surface area contributed by atoms with Gasteiger partial charge in [-0.05, 0) is 45.6 Å². The molecular formula is C15H30N2O. The first-order valence-electron chi connectivity index (χ1n) is 7.75. The summed E-state index contributed by atoms with van der Waals surface area (Å²) >= 11 is 0. The van der Waals surface area contributed by atoms with Gasteiger partial charge in [-0.3, -0.25) is 4.90 Å². The van der Waals surface area contributed by atoms with Crippen LogP contribution in [0.1, 0.15) is 46.5 Å². The van der Waals surface area contributed by atoms with E-state index in [1.165, 1.54) is 38.8 Å². The lowest BCUT2D eigenvalue weighted by atomic mass is 9.93. The lowest BCUT2D eigenvalue weighted by Crippen LogP contribution is -2.53. The van der Waals surface area contributed by atoms with E-state index < -0.39 is 0 Å². The third kappa shape index (κ3) is 3.69. The minimum Gasteiger partial charge on any atom is -0.381 e. The molecule has 0 aliphatic carbocycles. The Bertz CT molecular complexity index is 239. The molecular weight excluding hydrogens is 224 g/mol. The summed E-state index contributed by atoms with van der Waals surface area (Å²) < 4.78 is 5.59. The first kappa shape index (κ1) is 14.3. The molecule has 2 aliphatic heterocycles. The molecule has 2 rings (SSSR count). The summed E-state index contributed by atoms with van der Waals surface area (Å²) in [7, 11) is 0. The molecule has 3 atom stereocenters.